The maximum atomic E-state index is 12.3. The van der Waals surface area contributed by atoms with Gasteiger partial charge in [0.15, 0.2) is 5.76 Å². The number of urea groups is 1. The van der Waals surface area contributed by atoms with E-state index in [2.05, 4.69) is 10.6 Å². The Hall–Kier alpha value is -2.28. The van der Waals surface area contributed by atoms with E-state index in [-0.39, 0.29) is 24.1 Å². The molecule has 4 N–H and O–H groups in total. The molecule has 0 spiro atoms. The lowest BCUT2D eigenvalue weighted by Crippen LogP contribution is -2.86. The van der Waals surface area contributed by atoms with Crippen molar-refractivity contribution in [2.75, 3.05) is 13.2 Å². The van der Waals surface area contributed by atoms with E-state index in [9.17, 15) is 9.59 Å². The quantitative estimate of drug-likeness (QED) is 0.647. The first kappa shape index (κ1) is 17.1. The molecule has 1 aliphatic heterocycles. The Balaban J connectivity index is 2.17. The molecule has 2 amide bonds. The Bertz CT molecular complexity index is 580. The molecule has 7 heteroatoms. The number of hydrogen-bond donors (Lipinski definition) is 3. The van der Waals surface area contributed by atoms with Crippen molar-refractivity contribution >= 4 is 12.0 Å². The summed E-state index contributed by atoms with van der Waals surface area (Å²) in [6.07, 6.45) is 2.25. The number of nitrogens with two attached hydrogens (primary N) is 1. The van der Waals surface area contributed by atoms with Gasteiger partial charge in [0.1, 0.15) is 12.6 Å². The van der Waals surface area contributed by atoms with E-state index in [0.29, 0.717) is 30.8 Å². The van der Waals surface area contributed by atoms with Crippen molar-refractivity contribution < 1.29 is 24.1 Å². The number of nitrogens with one attached hydrogen (secondary N) is 2. The Morgan fingerprint density at radius 3 is 2.87 bits per heavy atom. The number of amides is 2. The second-order valence-corrected chi connectivity index (χ2v) is 5.42. The summed E-state index contributed by atoms with van der Waals surface area (Å²) >= 11 is 0. The van der Waals surface area contributed by atoms with Crippen LogP contribution in [0.15, 0.2) is 34.1 Å². The van der Waals surface area contributed by atoms with Crippen molar-refractivity contribution in [2.24, 2.45) is 0 Å². The fourth-order valence-electron chi connectivity index (χ4n) is 2.58. The van der Waals surface area contributed by atoms with E-state index in [0.717, 1.165) is 5.76 Å². The molecule has 126 valence electrons. The Kier molecular flexibility index (Phi) is 5.81. The fourth-order valence-corrected chi connectivity index (χ4v) is 2.58. The highest BCUT2D eigenvalue weighted by atomic mass is 16.5. The third-order valence-electron chi connectivity index (χ3n) is 3.81. The van der Waals surface area contributed by atoms with Gasteiger partial charge in [0.2, 0.25) is 0 Å². The minimum atomic E-state index is -0.388. The molecular formula is C16H24N3O4+. The number of quaternary nitrogens is 1. The van der Waals surface area contributed by atoms with Crippen molar-refractivity contribution in [2.45, 2.75) is 39.3 Å². The molecule has 0 aliphatic carbocycles. The molecule has 0 saturated heterocycles. The molecule has 1 aromatic rings. The molecule has 2 atom stereocenters. The van der Waals surface area contributed by atoms with Gasteiger partial charge in [0, 0.05) is 0 Å². The minimum Gasteiger partial charge on any atom is -0.463 e. The van der Waals surface area contributed by atoms with Gasteiger partial charge in [0.05, 0.1) is 30.2 Å². The first-order valence-electron chi connectivity index (χ1n) is 7.91. The maximum absolute atomic E-state index is 12.3. The standard InChI is InChI=1S/C16H23N3O4/c1-4-11-14(15(20)22-5-2)12(19-16(21)18-11)9-17-10(3)13-7-6-8-23-13/h6-8,10-11,17H,4-5,9H2,1-3H3,(H2,18,19,21)/p+1/t10-,11-/m0/s1. The van der Waals surface area contributed by atoms with Gasteiger partial charge >= 0.3 is 12.0 Å². The predicted octanol–water partition coefficient (Wildman–Crippen LogP) is 0.813. The van der Waals surface area contributed by atoms with Gasteiger partial charge in [-0.2, -0.15) is 0 Å². The molecular weight excluding hydrogens is 298 g/mol. The molecule has 1 aromatic heterocycles. The largest absolute Gasteiger partial charge is 0.463 e. The van der Waals surface area contributed by atoms with Crippen molar-refractivity contribution in [1.29, 1.82) is 0 Å². The van der Waals surface area contributed by atoms with Crippen LogP contribution in [0.1, 0.15) is 39.0 Å². The maximum Gasteiger partial charge on any atom is 0.338 e. The molecule has 2 rings (SSSR count). The zero-order chi connectivity index (χ0) is 16.8. The van der Waals surface area contributed by atoms with Gasteiger partial charge in [-0.25, -0.2) is 9.59 Å². The second-order valence-electron chi connectivity index (χ2n) is 5.42. The summed E-state index contributed by atoms with van der Waals surface area (Å²) in [5.74, 6) is 0.455. The highest BCUT2D eigenvalue weighted by Gasteiger charge is 2.32. The van der Waals surface area contributed by atoms with Gasteiger partial charge in [-0.15, -0.1) is 0 Å². The minimum absolute atomic E-state index is 0.0767. The highest BCUT2D eigenvalue weighted by Crippen LogP contribution is 2.16. The second kappa shape index (κ2) is 7.82. The van der Waals surface area contributed by atoms with Crippen LogP contribution in [-0.2, 0) is 9.53 Å². The summed E-state index contributed by atoms with van der Waals surface area (Å²) < 4.78 is 10.5. The topological polar surface area (TPSA) is 97.2 Å². The summed E-state index contributed by atoms with van der Waals surface area (Å²) in [7, 11) is 0. The molecule has 1 aliphatic rings. The molecule has 0 bridgehead atoms. The lowest BCUT2D eigenvalue weighted by atomic mass is 10.00. The Morgan fingerprint density at radius 1 is 1.48 bits per heavy atom. The van der Waals surface area contributed by atoms with Crippen LogP contribution in [-0.4, -0.2) is 31.2 Å². The van der Waals surface area contributed by atoms with Crippen LogP contribution in [0.5, 0.6) is 0 Å². The molecule has 0 saturated carbocycles. The van der Waals surface area contributed by atoms with Crippen LogP contribution in [0, 0.1) is 0 Å². The molecule has 2 heterocycles. The number of rotatable bonds is 7. The zero-order valence-electron chi connectivity index (χ0n) is 13.7. The van der Waals surface area contributed by atoms with Crippen LogP contribution in [0.4, 0.5) is 4.79 Å². The average Bonchev–Trinajstić information content (AvgIpc) is 3.06. The first-order chi connectivity index (χ1) is 11.1. The molecule has 7 nitrogen and oxygen atoms in total. The van der Waals surface area contributed by atoms with E-state index < -0.39 is 0 Å². The summed E-state index contributed by atoms with van der Waals surface area (Å²) in [4.78, 5) is 24.1. The zero-order valence-corrected chi connectivity index (χ0v) is 13.7. The van der Waals surface area contributed by atoms with Crippen molar-refractivity contribution in [3.8, 4) is 0 Å². The van der Waals surface area contributed by atoms with E-state index >= 15 is 0 Å². The number of furan rings is 1. The number of ether oxygens (including phenoxy) is 1. The predicted molar refractivity (Wildman–Crippen MR) is 83.3 cm³/mol. The summed E-state index contributed by atoms with van der Waals surface area (Å²) in [5, 5.41) is 7.50. The third-order valence-corrected chi connectivity index (χ3v) is 3.81. The van der Waals surface area contributed by atoms with E-state index in [1.807, 2.05) is 31.3 Å². The molecule has 0 fully saturated rings. The molecule has 23 heavy (non-hydrogen) atoms. The third kappa shape index (κ3) is 4.13. The molecule has 0 radical (unpaired) electrons. The Labute approximate surface area is 135 Å². The first-order valence-corrected chi connectivity index (χ1v) is 7.91. The van der Waals surface area contributed by atoms with Crippen molar-refractivity contribution in [1.82, 2.24) is 10.6 Å². The summed E-state index contributed by atoms with van der Waals surface area (Å²) in [6, 6.07) is 3.19. The average molecular weight is 322 g/mol. The highest BCUT2D eigenvalue weighted by molar-refractivity contribution is 5.94. The smallest absolute Gasteiger partial charge is 0.338 e. The number of carbonyl (C=O) groups is 2. The van der Waals surface area contributed by atoms with Gasteiger partial charge < -0.3 is 25.1 Å². The van der Waals surface area contributed by atoms with Gasteiger partial charge in [0.25, 0.3) is 0 Å². The lowest BCUT2D eigenvalue weighted by molar-refractivity contribution is -0.688. The SMILES string of the molecule is CCOC(=O)C1=C(C[NH2+][C@@H](C)c2ccco2)NC(=O)N[C@H]1CC. The van der Waals surface area contributed by atoms with Gasteiger partial charge in [-0.05, 0) is 32.4 Å². The number of esters is 1. The van der Waals surface area contributed by atoms with Crippen LogP contribution in [0.25, 0.3) is 0 Å². The van der Waals surface area contributed by atoms with E-state index in [4.69, 9.17) is 9.15 Å². The van der Waals surface area contributed by atoms with Crippen LogP contribution in [0.3, 0.4) is 0 Å². The van der Waals surface area contributed by atoms with Gasteiger partial charge in [-0.1, -0.05) is 6.92 Å². The van der Waals surface area contributed by atoms with Crippen molar-refractivity contribution in [3.63, 3.8) is 0 Å². The lowest BCUT2D eigenvalue weighted by Gasteiger charge is -2.28. The van der Waals surface area contributed by atoms with Crippen LogP contribution in [0.2, 0.25) is 0 Å². The van der Waals surface area contributed by atoms with E-state index in [1.165, 1.54) is 0 Å². The normalized spacial score (nSPS) is 19.1. The summed E-state index contributed by atoms with van der Waals surface area (Å²) in [5.41, 5.74) is 1.09. The molecule has 0 aromatic carbocycles. The van der Waals surface area contributed by atoms with Gasteiger partial charge in [-0.3, -0.25) is 0 Å². The Morgan fingerprint density at radius 2 is 2.26 bits per heavy atom. The monoisotopic (exact) mass is 322 g/mol. The summed E-state index contributed by atoms with van der Waals surface area (Å²) in [6.45, 7) is 6.44. The fraction of sp³-hybridized carbons (Fsp3) is 0.500. The van der Waals surface area contributed by atoms with Crippen LogP contribution >= 0.6 is 0 Å². The number of carbonyl (C=O) groups excluding carboxylic acids is 2. The number of hydrogen-bond acceptors (Lipinski definition) is 4. The van der Waals surface area contributed by atoms with Crippen molar-refractivity contribution in [3.05, 3.63) is 35.4 Å². The van der Waals surface area contributed by atoms with E-state index in [1.54, 1.807) is 13.2 Å². The van der Waals surface area contributed by atoms with Crippen LogP contribution < -0.4 is 16.0 Å². The molecule has 0 unspecified atom stereocenters.